The van der Waals surface area contributed by atoms with Gasteiger partial charge in [-0.05, 0) is 42.7 Å². The average molecular weight is 431 g/mol. The second kappa shape index (κ2) is 8.35. The molecule has 9 heteroatoms. The average Bonchev–Trinajstić information content (AvgIpc) is 3.27. The van der Waals surface area contributed by atoms with E-state index >= 15 is 0 Å². The van der Waals surface area contributed by atoms with Crippen LogP contribution < -0.4 is 10.1 Å². The van der Waals surface area contributed by atoms with Gasteiger partial charge in [-0.3, -0.25) is 9.59 Å². The minimum Gasteiger partial charge on any atom is -0.435 e. The maximum atomic E-state index is 12.9. The summed E-state index contributed by atoms with van der Waals surface area (Å²) in [5.74, 6) is -0.361. The van der Waals surface area contributed by atoms with Crippen LogP contribution in [0.1, 0.15) is 24.0 Å². The molecule has 2 heterocycles. The lowest BCUT2D eigenvalue weighted by molar-refractivity contribution is -0.133. The number of amides is 2. The van der Waals surface area contributed by atoms with E-state index in [-0.39, 0.29) is 30.5 Å². The van der Waals surface area contributed by atoms with E-state index in [0.717, 1.165) is 21.3 Å². The first-order chi connectivity index (χ1) is 14.4. The number of carbonyl (C=O) groups is 2. The zero-order valence-electron chi connectivity index (χ0n) is 16.1. The zero-order chi connectivity index (χ0) is 21.3. The van der Waals surface area contributed by atoms with Crippen molar-refractivity contribution >= 4 is 38.5 Å². The smallest absolute Gasteiger partial charge is 0.387 e. The number of halogens is 2. The van der Waals surface area contributed by atoms with Crippen molar-refractivity contribution in [3.8, 4) is 5.75 Å². The molecule has 1 aromatic heterocycles. The number of rotatable bonds is 6. The van der Waals surface area contributed by atoms with Gasteiger partial charge in [0.25, 0.3) is 0 Å². The molecule has 0 spiro atoms. The minimum absolute atomic E-state index is 0.0434. The number of fused-ring (bicyclic) bond motifs is 1. The topological polar surface area (TPSA) is 71.5 Å². The number of hydrogen-bond donors (Lipinski definition) is 1. The van der Waals surface area contributed by atoms with Crippen molar-refractivity contribution in [1.29, 1.82) is 0 Å². The number of nitrogens with one attached hydrogen (secondary N) is 1. The molecular formula is C21H19F2N3O3S. The molecule has 1 fully saturated rings. The summed E-state index contributed by atoms with van der Waals surface area (Å²) in [5.41, 5.74) is 2.60. The van der Waals surface area contributed by atoms with Gasteiger partial charge < -0.3 is 15.0 Å². The van der Waals surface area contributed by atoms with Crippen molar-refractivity contribution in [3.05, 3.63) is 53.6 Å². The van der Waals surface area contributed by atoms with Crippen molar-refractivity contribution < 1.29 is 23.1 Å². The van der Waals surface area contributed by atoms with Gasteiger partial charge in [-0.2, -0.15) is 8.78 Å². The molecule has 1 N–H and O–H groups in total. The van der Waals surface area contributed by atoms with Crippen LogP contribution in [0.5, 0.6) is 5.75 Å². The summed E-state index contributed by atoms with van der Waals surface area (Å²) >= 11 is 1.39. The maximum absolute atomic E-state index is 12.9. The third-order valence-electron chi connectivity index (χ3n) is 4.98. The summed E-state index contributed by atoms with van der Waals surface area (Å²) < 4.78 is 29.9. The first-order valence-corrected chi connectivity index (χ1v) is 10.2. The van der Waals surface area contributed by atoms with Crippen LogP contribution in [0.25, 0.3) is 10.2 Å². The second-order valence-corrected chi connectivity index (χ2v) is 8.06. The molecule has 30 heavy (non-hydrogen) atoms. The van der Waals surface area contributed by atoms with Crippen LogP contribution in [0, 0.1) is 6.92 Å². The number of benzene rings is 2. The number of ether oxygens (including phenoxy) is 1. The highest BCUT2D eigenvalue weighted by molar-refractivity contribution is 7.22. The van der Waals surface area contributed by atoms with Gasteiger partial charge in [0.2, 0.25) is 11.8 Å². The van der Waals surface area contributed by atoms with Gasteiger partial charge in [0.15, 0.2) is 5.13 Å². The molecular weight excluding hydrogens is 412 g/mol. The van der Waals surface area contributed by atoms with Crippen LogP contribution in [-0.2, 0) is 16.1 Å². The van der Waals surface area contributed by atoms with Crippen molar-refractivity contribution in [2.75, 3.05) is 5.32 Å². The standard InChI is InChI=1S/C21H19F2N3O3S/c1-12-3-2-4-16-18(12)24-21(30-16)25-19(28)15-9-10-17(27)26(15)11-13-5-7-14(8-6-13)29-20(22)23/h2-8,15,20H,9-11H2,1H3,(H,24,25,28)/t15-/m1/s1. The van der Waals surface area contributed by atoms with Gasteiger partial charge in [-0.1, -0.05) is 35.6 Å². The van der Waals surface area contributed by atoms with Crippen LogP contribution in [0.4, 0.5) is 13.9 Å². The molecule has 0 unspecified atom stereocenters. The van der Waals surface area contributed by atoms with Crippen LogP contribution in [-0.4, -0.2) is 34.4 Å². The van der Waals surface area contributed by atoms with E-state index in [0.29, 0.717) is 11.6 Å². The van der Waals surface area contributed by atoms with Crippen molar-refractivity contribution in [2.24, 2.45) is 0 Å². The van der Waals surface area contributed by atoms with Crippen LogP contribution in [0.3, 0.4) is 0 Å². The Morgan fingerprint density at radius 3 is 2.77 bits per heavy atom. The van der Waals surface area contributed by atoms with Gasteiger partial charge in [0, 0.05) is 13.0 Å². The SMILES string of the molecule is Cc1cccc2sc(NC(=O)[C@H]3CCC(=O)N3Cc3ccc(OC(F)F)cc3)nc12. The molecule has 1 atom stereocenters. The molecule has 4 rings (SSSR count). The lowest BCUT2D eigenvalue weighted by Crippen LogP contribution is -2.41. The van der Waals surface area contributed by atoms with Gasteiger partial charge in [-0.25, -0.2) is 4.98 Å². The molecule has 2 amide bonds. The van der Waals surface area contributed by atoms with E-state index in [2.05, 4.69) is 15.0 Å². The quantitative estimate of drug-likeness (QED) is 0.631. The predicted molar refractivity (Wildman–Crippen MR) is 110 cm³/mol. The number of aryl methyl sites for hydroxylation is 1. The van der Waals surface area contributed by atoms with E-state index in [9.17, 15) is 18.4 Å². The fraction of sp³-hybridized carbons (Fsp3) is 0.286. The molecule has 1 aliphatic heterocycles. The lowest BCUT2D eigenvalue weighted by Gasteiger charge is -2.23. The Bertz CT molecular complexity index is 1080. The van der Waals surface area contributed by atoms with Gasteiger partial charge in [-0.15, -0.1) is 0 Å². The van der Waals surface area contributed by atoms with Crippen LogP contribution in [0.2, 0.25) is 0 Å². The minimum atomic E-state index is -2.89. The van der Waals surface area contributed by atoms with E-state index in [4.69, 9.17) is 0 Å². The van der Waals surface area contributed by atoms with Gasteiger partial charge in [0.1, 0.15) is 11.8 Å². The predicted octanol–water partition coefficient (Wildman–Crippen LogP) is 4.34. The highest BCUT2D eigenvalue weighted by Crippen LogP contribution is 2.29. The fourth-order valence-electron chi connectivity index (χ4n) is 3.51. The van der Waals surface area contributed by atoms with Crippen LogP contribution in [0.15, 0.2) is 42.5 Å². The number of carbonyl (C=O) groups excluding carboxylic acids is 2. The van der Waals surface area contributed by atoms with Crippen molar-refractivity contribution in [3.63, 3.8) is 0 Å². The Kier molecular flexibility index (Phi) is 5.63. The molecule has 0 bridgehead atoms. The van der Waals surface area contributed by atoms with Gasteiger partial charge >= 0.3 is 6.61 Å². The fourth-order valence-corrected chi connectivity index (χ4v) is 4.45. The Balaban J connectivity index is 1.46. The second-order valence-electron chi connectivity index (χ2n) is 7.03. The molecule has 0 aliphatic carbocycles. The Morgan fingerprint density at radius 2 is 2.07 bits per heavy atom. The largest absolute Gasteiger partial charge is 0.435 e. The number of likely N-dealkylation sites (tertiary alicyclic amines) is 1. The molecule has 3 aromatic rings. The van der Waals surface area contributed by atoms with E-state index < -0.39 is 12.7 Å². The molecule has 0 radical (unpaired) electrons. The van der Waals surface area contributed by atoms with E-state index in [1.807, 2.05) is 25.1 Å². The maximum Gasteiger partial charge on any atom is 0.387 e. The van der Waals surface area contributed by atoms with Crippen LogP contribution >= 0.6 is 11.3 Å². The summed E-state index contributed by atoms with van der Waals surface area (Å²) in [7, 11) is 0. The molecule has 1 saturated heterocycles. The Morgan fingerprint density at radius 1 is 1.30 bits per heavy atom. The molecule has 1 aliphatic rings. The van der Waals surface area contributed by atoms with Crippen molar-refractivity contribution in [1.82, 2.24) is 9.88 Å². The van der Waals surface area contributed by atoms with E-state index in [1.54, 1.807) is 12.1 Å². The number of para-hydroxylation sites is 1. The molecule has 2 aromatic carbocycles. The number of anilines is 1. The monoisotopic (exact) mass is 431 g/mol. The summed E-state index contributed by atoms with van der Waals surface area (Å²) in [4.78, 5) is 31.2. The normalized spacial score (nSPS) is 16.5. The zero-order valence-corrected chi connectivity index (χ0v) is 16.9. The molecule has 156 valence electrons. The summed E-state index contributed by atoms with van der Waals surface area (Å²) in [6.45, 7) is -0.719. The summed E-state index contributed by atoms with van der Waals surface area (Å²) in [6, 6.07) is 11.3. The highest BCUT2D eigenvalue weighted by Gasteiger charge is 2.36. The number of thiazole rings is 1. The molecule has 6 nitrogen and oxygen atoms in total. The Labute approximate surface area is 175 Å². The summed E-state index contributed by atoms with van der Waals surface area (Å²) in [6.07, 6.45) is 0.699. The highest BCUT2D eigenvalue weighted by atomic mass is 32.1. The third-order valence-corrected chi connectivity index (χ3v) is 5.92. The number of nitrogens with zero attached hydrogens (tertiary/aromatic N) is 2. The summed E-state index contributed by atoms with van der Waals surface area (Å²) in [5, 5.41) is 3.34. The Hall–Kier alpha value is -3.07. The molecule has 0 saturated carbocycles. The first-order valence-electron chi connectivity index (χ1n) is 9.41. The third kappa shape index (κ3) is 4.25. The van der Waals surface area contributed by atoms with E-state index in [1.165, 1.54) is 28.4 Å². The van der Waals surface area contributed by atoms with Crippen molar-refractivity contribution in [2.45, 2.75) is 39.0 Å². The lowest BCUT2D eigenvalue weighted by atomic mass is 10.1. The number of hydrogen-bond acceptors (Lipinski definition) is 5. The number of alkyl halides is 2. The number of aromatic nitrogens is 1. The first kappa shape index (κ1) is 20.2. The van der Waals surface area contributed by atoms with Gasteiger partial charge in [0.05, 0.1) is 10.2 Å².